The Morgan fingerprint density at radius 3 is 2.51 bits per heavy atom. The van der Waals surface area contributed by atoms with E-state index in [-0.39, 0.29) is 11.3 Å². The van der Waals surface area contributed by atoms with E-state index < -0.39 is 21.7 Å². The number of hydrogen-bond acceptors (Lipinski definition) is 8. The van der Waals surface area contributed by atoms with Crippen LogP contribution in [0.1, 0.15) is 15.9 Å². The van der Waals surface area contributed by atoms with Crippen molar-refractivity contribution in [3.05, 3.63) is 102 Å². The van der Waals surface area contributed by atoms with E-state index in [1.807, 2.05) is 25.1 Å². The van der Waals surface area contributed by atoms with Gasteiger partial charge >= 0.3 is 0 Å². The minimum absolute atomic E-state index is 0.00891. The minimum Gasteiger partial charge on any atom is -0.324 e. The summed E-state index contributed by atoms with van der Waals surface area (Å²) in [5.74, 6) is -0.702. The molecule has 0 bridgehead atoms. The third-order valence-corrected chi connectivity index (χ3v) is 6.62. The zero-order valence-corrected chi connectivity index (χ0v) is 21.6. The second-order valence-corrected chi connectivity index (χ2v) is 10.5. The van der Waals surface area contributed by atoms with Crippen LogP contribution >= 0.6 is 0 Å². The van der Waals surface area contributed by atoms with Crippen LogP contribution in [0.5, 0.6) is 0 Å². The van der Waals surface area contributed by atoms with E-state index in [0.717, 1.165) is 27.7 Å². The normalized spacial score (nSPS) is 11.3. The molecule has 5 rings (SSSR count). The van der Waals surface area contributed by atoms with Crippen molar-refractivity contribution in [3.63, 3.8) is 0 Å². The molecule has 196 valence electrons. The molecular formula is C27H22FN7O3S. The summed E-state index contributed by atoms with van der Waals surface area (Å²) in [6, 6.07) is 16.0. The number of aromatic nitrogens is 5. The number of benzene rings is 2. The van der Waals surface area contributed by atoms with E-state index in [9.17, 15) is 17.6 Å². The van der Waals surface area contributed by atoms with E-state index in [4.69, 9.17) is 0 Å². The molecule has 0 unspecified atom stereocenters. The molecule has 12 heteroatoms. The van der Waals surface area contributed by atoms with Crippen molar-refractivity contribution in [2.24, 2.45) is 0 Å². The average molecular weight is 544 g/mol. The number of carbonyl (C=O) groups is 1. The summed E-state index contributed by atoms with van der Waals surface area (Å²) in [4.78, 5) is 26.2. The maximum atomic E-state index is 13.5. The van der Waals surface area contributed by atoms with Crippen LogP contribution in [0.15, 0.2) is 85.5 Å². The molecule has 2 N–H and O–H groups in total. The lowest BCUT2D eigenvalue weighted by molar-refractivity contribution is 0.102. The Morgan fingerprint density at radius 1 is 1.00 bits per heavy atom. The second-order valence-electron chi connectivity index (χ2n) is 8.65. The minimum atomic E-state index is -3.77. The summed E-state index contributed by atoms with van der Waals surface area (Å²) in [5.41, 5.74) is 4.00. The van der Waals surface area contributed by atoms with E-state index in [0.29, 0.717) is 28.6 Å². The molecule has 0 spiro atoms. The first-order valence-corrected chi connectivity index (χ1v) is 13.5. The molecule has 0 saturated heterocycles. The molecule has 1 amide bonds. The molecule has 0 atom stereocenters. The van der Waals surface area contributed by atoms with Crippen LogP contribution in [-0.2, 0) is 10.0 Å². The highest BCUT2D eigenvalue weighted by Crippen LogP contribution is 2.27. The zero-order chi connectivity index (χ0) is 27.6. The van der Waals surface area contributed by atoms with Crippen molar-refractivity contribution < 1.29 is 17.6 Å². The van der Waals surface area contributed by atoms with Gasteiger partial charge in [0, 0.05) is 41.1 Å². The summed E-state index contributed by atoms with van der Waals surface area (Å²) in [6.07, 6.45) is 7.13. The number of rotatable bonds is 7. The quantitative estimate of drug-likeness (QED) is 0.303. The maximum absolute atomic E-state index is 13.5. The van der Waals surface area contributed by atoms with Gasteiger partial charge in [0.1, 0.15) is 11.5 Å². The third kappa shape index (κ3) is 5.80. The molecule has 0 aliphatic carbocycles. The average Bonchev–Trinajstić information content (AvgIpc) is 3.38. The van der Waals surface area contributed by atoms with E-state index >= 15 is 0 Å². The van der Waals surface area contributed by atoms with Crippen LogP contribution in [0, 0.1) is 12.7 Å². The molecular weight excluding hydrogens is 521 g/mol. The summed E-state index contributed by atoms with van der Waals surface area (Å²) >= 11 is 0. The van der Waals surface area contributed by atoms with Gasteiger partial charge < -0.3 is 10.6 Å². The molecule has 0 aliphatic rings. The Hall–Kier alpha value is -4.97. The Morgan fingerprint density at radius 2 is 1.79 bits per heavy atom. The fraction of sp³-hybridized carbons (Fsp3) is 0.0741. The Bertz CT molecular complexity index is 1770. The van der Waals surface area contributed by atoms with Crippen LogP contribution in [-0.4, -0.2) is 44.7 Å². The molecule has 0 fully saturated rings. The number of aryl methyl sites for hydroxylation is 1. The van der Waals surface area contributed by atoms with Gasteiger partial charge in [0.15, 0.2) is 0 Å². The monoisotopic (exact) mass is 543 g/mol. The predicted molar refractivity (Wildman–Crippen MR) is 146 cm³/mol. The van der Waals surface area contributed by atoms with Gasteiger partial charge in [0.25, 0.3) is 15.9 Å². The largest absolute Gasteiger partial charge is 0.324 e. The smallest absolute Gasteiger partial charge is 0.259 e. The van der Waals surface area contributed by atoms with Crippen molar-refractivity contribution in [1.82, 2.24) is 24.1 Å². The fourth-order valence-corrected chi connectivity index (χ4v) is 4.28. The van der Waals surface area contributed by atoms with Crippen molar-refractivity contribution in [2.75, 3.05) is 16.9 Å². The Kier molecular flexibility index (Phi) is 6.86. The molecule has 0 radical (unpaired) electrons. The SMILES string of the molecule is Cc1ccc(NC(=O)c2cn(S(C)(=O)=O)nc2-c2ccc(F)cc2)cc1Nc1nccc(-c2cccnc2)n1. The van der Waals surface area contributed by atoms with Gasteiger partial charge in [-0.2, -0.15) is 9.19 Å². The number of nitrogens with one attached hydrogen (secondary N) is 2. The Labute approximate surface area is 223 Å². The lowest BCUT2D eigenvalue weighted by atomic mass is 10.1. The third-order valence-electron chi connectivity index (χ3n) is 5.75. The molecule has 10 nitrogen and oxygen atoms in total. The van der Waals surface area contributed by atoms with Gasteiger partial charge in [-0.3, -0.25) is 9.78 Å². The molecule has 5 aromatic rings. The highest BCUT2D eigenvalue weighted by Gasteiger charge is 2.22. The van der Waals surface area contributed by atoms with Gasteiger partial charge in [-0.1, -0.05) is 6.07 Å². The summed E-state index contributed by atoms with van der Waals surface area (Å²) in [5, 5.41) is 10.0. The lowest BCUT2D eigenvalue weighted by Gasteiger charge is -2.12. The fourth-order valence-electron chi connectivity index (χ4n) is 3.76. The van der Waals surface area contributed by atoms with Gasteiger partial charge in [0.2, 0.25) is 5.95 Å². The van der Waals surface area contributed by atoms with Crippen molar-refractivity contribution in [3.8, 4) is 22.5 Å². The summed E-state index contributed by atoms with van der Waals surface area (Å²) in [6.45, 7) is 1.89. The van der Waals surface area contributed by atoms with E-state index in [1.165, 1.54) is 24.3 Å². The van der Waals surface area contributed by atoms with Gasteiger partial charge in [-0.05, 0) is 67.1 Å². The standard InChI is InChI=1S/C27H22FN7O3S/c1-17-5-10-21(14-24(17)33-27-30-13-11-23(32-27)19-4-3-12-29-15-19)31-26(36)22-16-35(39(2,37)38)34-25(22)18-6-8-20(28)9-7-18/h3-16H,1-2H3,(H,31,36)(H,30,32,33). The van der Waals surface area contributed by atoms with E-state index in [2.05, 4.69) is 30.7 Å². The van der Waals surface area contributed by atoms with Gasteiger partial charge in [-0.25, -0.2) is 22.8 Å². The number of nitrogens with zero attached hydrogens (tertiary/aromatic N) is 5. The zero-order valence-electron chi connectivity index (χ0n) is 20.8. The highest BCUT2D eigenvalue weighted by atomic mass is 32.2. The maximum Gasteiger partial charge on any atom is 0.259 e. The molecule has 0 saturated carbocycles. The Balaban J connectivity index is 1.42. The highest BCUT2D eigenvalue weighted by molar-refractivity contribution is 7.89. The molecule has 3 aromatic heterocycles. The van der Waals surface area contributed by atoms with Crippen molar-refractivity contribution in [2.45, 2.75) is 6.92 Å². The number of hydrogen-bond donors (Lipinski definition) is 2. The van der Waals surface area contributed by atoms with Gasteiger partial charge in [0.05, 0.1) is 23.7 Å². The van der Waals surface area contributed by atoms with Crippen molar-refractivity contribution in [1.29, 1.82) is 0 Å². The number of halogens is 1. The summed E-state index contributed by atoms with van der Waals surface area (Å²) in [7, 11) is -3.77. The van der Waals surface area contributed by atoms with Crippen molar-refractivity contribution >= 4 is 33.3 Å². The lowest BCUT2D eigenvalue weighted by Crippen LogP contribution is -2.13. The molecule has 0 aliphatic heterocycles. The number of anilines is 3. The number of amides is 1. The second kappa shape index (κ2) is 10.4. The molecule has 39 heavy (non-hydrogen) atoms. The molecule has 2 aromatic carbocycles. The first-order valence-electron chi connectivity index (χ1n) is 11.7. The topological polar surface area (TPSA) is 132 Å². The first kappa shape index (κ1) is 25.7. The van der Waals surface area contributed by atoms with Crippen LogP contribution in [0.3, 0.4) is 0 Å². The van der Waals surface area contributed by atoms with E-state index in [1.54, 1.807) is 36.8 Å². The van der Waals surface area contributed by atoms with Crippen LogP contribution < -0.4 is 10.6 Å². The summed E-state index contributed by atoms with van der Waals surface area (Å²) < 4.78 is 38.4. The van der Waals surface area contributed by atoms with Crippen LogP contribution in [0.25, 0.3) is 22.5 Å². The van der Waals surface area contributed by atoms with Crippen LogP contribution in [0.2, 0.25) is 0 Å². The number of pyridine rings is 1. The first-order chi connectivity index (χ1) is 18.7. The number of carbonyl (C=O) groups excluding carboxylic acids is 1. The predicted octanol–water partition coefficient (Wildman–Crippen LogP) is 4.65. The van der Waals surface area contributed by atoms with Gasteiger partial charge in [-0.15, -0.1) is 0 Å². The molecule has 3 heterocycles. The van der Waals surface area contributed by atoms with Crippen LogP contribution in [0.4, 0.5) is 21.7 Å².